The number of aliphatic hydroxyl groups excluding tert-OH is 1. The summed E-state index contributed by atoms with van der Waals surface area (Å²) in [5.74, 6) is 0.0387. The fourth-order valence-corrected chi connectivity index (χ4v) is 2.71. The summed E-state index contributed by atoms with van der Waals surface area (Å²) in [4.78, 5) is 18.9. The van der Waals surface area contributed by atoms with Gasteiger partial charge in [-0.3, -0.25) is 9.78 Å². The van der Waals surface area contributed by atoms with Crippen LogP contribution in [0.4, 0.5) is 0 Å². The van der Waals surface area contributed by atoms with Gasteiger partial charge in [0.25, 0.3) is 5.91 Å². The van der Waals surface area contributed by atoms with Crippen molar-refractivity contribution < 1.29 is 14.3 Å². The Hall–Kier alpha value is -2.66. The molecule has 0 aliphatic heterocycles. The van der Waals surface area contributed by atoms with Crippen molar-refractivity contribution in [3.05, 3.63) is 66.2 Å². The predicted molar refractivity (Wildman–Crippen MR) is 91.5 cm³/mol. The number of para-hydroxylation sites is 1. The van der Waals surface area contributed by atoms with E-state index in [-0.39, 0.29) is 24.3 Å². The number of benzene rings is 1. The van der Waals surface area contributed by atoms with Gasteiger partial charge in [0, 0.05) is 11.6 Å². The number of amides is 1. The number of aromatic nitrogens is 1. The number of furan rings is 1. The lowest BCUT2D eigenvalue weighted by Crippen LogP contribution is -2.41. The Bertz CT molecular complexity index is 777. The summed E-state index contributed by atoms with van der Waals surface area (Å²) in [6, 6.07) is 14.5. The highest BCUT2D eigenvalue weighted by Gasteiger charge is 2.26. The molecule has 2 aromatic heterocycles. The molecule has 2 heterocycles. The molecule has 0 aliphatic rings. The van der Waals surface area contributed by atoms with Crippen LogP contribution in [0.5, 0.6) is 0 Å². The monoisotopic (exact) mass is 324 g/mol. The molecule has 24 heavy (non-hydrogen) atoms. The number of nitrogens with zero attached hydrogens (tertiary/aromatic N) is 2. The summed E-state index contributed by atoms with van der Waals surface area (Å²) in [6.07, 6.45) is 2.34. The van der Waals surface area contributed by atoms with Gasteiger partial charge in [-0.1, -0.05) is 31.2 Å². The van der Waals surface area contributed by atoms with Gasteiger partial charge in [-0.15, -0.1) is 0 Å². The fourth-order valence-electron chi connectivity index (χ4n) is 2.71. The second-order valence-electron chi connectivity index (χ2n) is 5.65. The molecule has 3 aromatic rings. The van der Waals surface area contributed by atoms with Crippen molar-refractivity contribution in [2.45, 2.75) is 25.9 Å². The minimum absolute atomic E-state index is 0.102. The van der Waals surface area contributed by atoms with Crippen LogP contribution in [0.2, 0.25) is 0 Å². The molecule has 0 spiro atoms. The van der Waals surface area contributed by atoms with E-state index in [0.29, 0.717) is 18.5 Å². The number of hydrogen-bond acceptors (Lipinski definition) is 4. The average molecular weight is 324 g/mol. The Labute approximate surface area is 140 Å². The zero-order valence-corrected chi connectivity index (χ0v) is 13.6. The number of carbonyl (C=O) groups is 1. The molecular formula is C19H20N2O3. The van der Waals surface area contributed by atoms with Gasteiger partial charge in [0.2, 0.25) is 0 Å². The van der Waals surface area contributed by atoms with E-state index in [0.717, 1.165) is 11.1 Å². The van der Waals surface area contributed by atoms with Crippen LogP contribution in [0.3, 0.4) is 0 Å². The number of aliphatic hydroxyl groups is 1. The molecule has 1 amide bonds. The highest BCUT2D eigenvalue weighted by Crippen LogP contribution is 2.22. The lowest BCUT2D eigenvalue weighted by atomic mass is 10.1. The molecule has 3 rings (SSSR count). The third-order valence-corrected chi connectivity index (χ3v) is 4.08. The first-order valence-electron chi connectivity index (χ1n) is 8.03. The van der Waals surface area contributed by atoms with E-state index in [1.165, 1.54) is 0 Å². The zero-order valence-electron chi connectivity index (χ0n) is 13.6. The molecule has 1 aromatic carbocycles. The minimum Gasteiger partial charge on any atom is -0.451 e. The molecule has 5 heteroatoms. The first kappa shape index (κ1) is 16.2. The SMILES string of the molecule is CC[C@H](CO)N(Cc1ccccn1)C(=O)c1cc2ccccc2o1. The quantitative estimate of drug-likeness (QED) is 0.756. The van der Waals surface area contributed by atoms with Crippen molar-refractivity contribution in [3.63, 3.8) is 0 Å². The topological polar surface area (TPSA) is 66.6 Å². The first-order valence-corrected chi connectivity index (χ1v) is 8.03. The second kappa shape index (κ2) is 7.27. The van der Waals surface area contributed by atoms with Crippen LogP contribution in [0.15, 0.2) is 59.1 Å². The smallest absolute Gasteiger partial charge is 0.290 e. The highest BCUT2D eigenvalue weighted by molar-refractivity contribution is 5.96. The molecule has 0 radical (unpaired) electrons. The van der Waals surface area contributed by atoms with Gasteiger partial charge in [-0.2, -0.15) is 0 Å². The van der Waals surface area contributed by atoms with E-state index in [4.69, 9.17) is 4.42 Å². The summed E-state index contributed by atoms with van der Waals surface area (Å²) in [6.45, 7) is 2.17. The van der Waals surface area contributed by atoms with Gasteiger partial charge in [0.05, 0.1) is 24.9 Å². The molecule has 0 fully saturated rings. The molecule has 0 bridgehead atoms. The van der Waals surface area contributed by atoms with Crippen molar-refractivity contribution in [2.75, 3.05) is 6.61 Å². The van der Waals surface area contributed by atoms with Crippen LogP contribution in [-0.2, 0) is 6.54 Å². The van der Waals surface area contributed by atoms with Gasteiger partial charge in [0.15, 0.2) is 5.76 Å². The lowest BCUT2D eigenvalue weighted by molar-refractivity contribution is 0.0531. The highest BCUT2D eigenvalue weighted by atomic mass is 16.3. The predicted octanol–water partition coefficient (Wildman–Crippen LogP) is 3.24. The van der Waals surface area contributed by atoms with Crippen molar-refractivity contribution >= 4 is 16.9 Å². The molecule has 1 N–H and O–H groups in total. The maximum atomic E-state index is 13.0. The third kappa shape index (κ3) is 3.31. The second-order valence-corrected chi connectivity index (χ2v) is 5.65. The standard InChI is InChI=1S/C19H20N2O3/c1-2-16(13-22)21(12-15-8-5-6-10-20-15)19(23)18-11-14-7-3-4-9-17(14)24-18/h3-11,16,22H,2,12-13H2,1H3/t16-/m1/s1. The van der Waals surface area contributed by atoms with Crippen molar-refractivity contribution in [1.82, 2.24) is 9.88 Å². The van der Waals surface area contributed by atoms with Crippen LogP contribution < -0.4 is 0 Å². The van der Waals surface area contributed by atoms with Gasteiger partial charge in [-0.05, 0) is 30.7 Å². The summed E-state index contributed by atoms with van der Waals surface area (Å²) in [5, 5.41) is 10.6. The Balaban J connectivity index is 1.92. The molecule has 5 nitrogen and oxygen atoms in total. The number of fused-ring (bicyclic) bond motifs is 1. The zero-order chi connectivity index (χ0) is 16.9. The molecule has 0 aliphatic carbocycles. The summed E-state index contributed by atoms with van der Waals surface area (Å²) in [5.41, 5.74) is 1.45. The number of hydrogen-bond donors (Lipinski definition) is 1. The van der Waals surface area contributed by atoms with E-state index in [9.17, 15) is 9.90 Å². The molecule has 124 valence electrons. The largest absolute Gasteiger partial charge is 0.451 e. The van der Waals surface area contributed by atoms with E-state index >= 15 is 0 Å². The Morgan fingerprint density at radius 1 is 1.25 bits per heavy atom. The van der Waals surface area contributed by atoms with E-state index in [2.05, 4.69) is 4.98 Å². The van der Waals surface area contributed by atoms with Gasteiger partial charge in [-0.25, -0.2) is 0 Å². The van der Waals surface area contributed by atoms with E-state index in [1.807, 2.05) is 49.4 Å². The minimum atomic E-state index is -0.285. The number of carbonyl (C=O) groups excluding carboxylic acids is 1. The summed E-state index contributed by atoms with van der Waals surface area (Å²) >= 11 is 0. The van der Waals surface area contributed by atoms with Crippen LogP contribution in [0, 0.1) is 0 Å². The van der Waals surface area contributed by atoms with E-state index in [1.54, 1.807) is 17.2 Å². The maximum absolute atomic E-state index is 13.0. The lowest BCUT2D eigenvalue weighted by Gasteiger charge is -2.28. The Morgan fingerprint density at radius 3 is 2.71 bits per heavy atom. The van der Waals surface area contributed by atoms with Crippen molar-refractivity contribution in [1.29, 1.82) is 0 Å². The molecule has 0 saturated carbocycles. The summed E-state index contributed by atoms with van der Waals surface area (Å²) in [7, 11) is 0. The molecule has 1 atom stereocenters. The average Bonchev–Trinajstić information content (AvgIpc) is 3.06. The van der Waals surface area contributed by atoms with Gasteiger partial charge in [0.1, 0.15) is 5.58 Å². The van der Waals surface area contributed by atoms with Crippen LogP contribution >= 0.6 is 0 Å². The Kier molecular flexibility index (Phi) is 4.91. The maximum Gasteiger partial charge on any atom is 0.290 e. The Morgan fingerprint density at radius 2 is 2.04 bits per heavy atom. The van der Waals surface area contributed by atoms with Crippen molar-refractivity contribution in [3.8, 4) is 0 Å². The normalized spacial score (nSPS) is 12.2. The van der Waals surface area contributed by atoms with Crippen LogP contribution in [0.1, 0.15) is 29.6 Å². The molecule has 0 unspecified atom stereocenters. The van der Waals surface area contributed by atoms with Crippen molar-refractivity contribution in [2.24, 2.45) is 0 Å². The van der Waals surface area contributed by atoms with Crippen LogP contribution in [-0.4, -0.2) is 33.5 Å². The van der Waals surface area contributed by atoms with Gasteiger partial charge >= 0.3 is 0 Å². The van der Waals surface area contributed by atoms with Crippen LogP contribution in [0.25, 0.3) is 11.0 Å². The third-order valence-electron chi connectivity index (χ3n) is 4.08. The fraction of sp³-hybridized carbons (Fsp3) is 0.263. The molecule has 0 saturated heterocycles. The van der Waals surface area contributed by atoms with E-state index < -0.39 is 0 Å². The number of rotatable bonds is 6. The first-order chi connectivity index (χ1) is 11.7. The molecular weight excluding hydrogens is 304 g/mol. The van der Waals surface area contributed by atoms with Gasteiger partial charge < -0.3 is 14.4 Å². The summed E-state index contributed by atoms with van der Waals surface area (Å²) < 4.78 is 5.69. The number of pyridine rings is 1.